The molecular formula is C45H35N3. The average molecular weight is 618 g/mol. The Hall–Kier alpha value is -5.80. The van der Waals surface area contributed by atoms with Gasteiger partial charge in [-0.25, -0.2) is 0 Å². The quantitative estimate of drug-likeness (QED) is 0.206. The summed E-state index contributed by atoms with van der Waals surface area (Å²) < 4.78 is 2.63. The summed E-state index contributed by atoms with van der Waals surface area (Å²) in [5.74, 6) is 0. The Morgan fingerprint density at radius 1 is 0.583 bits per heavy atom. The first-order valence-electron chi connectivity index (χ1n) is 17.1. The van der Waals surface area contributed by atoms with Gasteiger partial charge in [-0.2, -0.15) is 0 Å². The van der Waals surface area contributed by atoms with Crippen LogP contribution in [0.2, 0.25) is 0 Å². The smallest absolute Gasteiger partial charge is 0.129 e. The number of rotatable bonds is 4. The van der Waals surface area contributed by atoms with Crippen molar-refractivity contribution in [3.63, 3.8) is 0 Å². The minimum absolute atomic E-state index is 0.0142. The highest BCUT2D eigenvalue weighted by molar-refractivity contribution is 6.13. The lowest BCUT2D eigenvalue weighted by molar-refractivity contribution is 0.504. The van der Waals surface area contributed by atoms with Gasteiger partial charge in [-0.3, -0.25) is 0 Å². The average Bonchev–Trinajstić information content (AvgIpc) is 3.66. The molecule has 2 heterocycles. The zero-order valence-corrected chi connectivity index (χ0v) is 26.6. The first-order valence-corrected chi connectivity index (χ1v) is 17.1. The first kappa shape index (κ1) is 27.3. The minimum Gasteiger partial charge on any atom is -0.373 e. The second-order valence-corrected chi connectivity index (χ2v) is 13.2. The van der Waals surface area contributed by atoms with Crippen LogP contribution in [-0.2, 0) is 5.41 Å². The molecule has 6 aromatic carbocycles. The molecule has 3 nitrogen and oxygen atoms in total. The molecule has 0 spiro atoms. The number of benzene rings is 6. The molecule has 3 aliphatic rings. The van der Waals surface area contributed by atoms with Crippen LogP contribution in [0.1, 0.15) is 47.3 Å². The van der Waals surface area contributed by atoms with Gasteiger partial charge in [0.2, 0.25) is 0 Å². The third-order valence-corrected chi connectivity index (χ3v) is 10.8. The van der Waals surface area contributed by atoms with Crippen molar-refractivity contribution in [1.82, 2.24) is 4.57 Å². The van der Waals surface area contributed by atoms with Gasteiger partial charge < -0.3 is 15.2 Å². The second-order valence-electron chi connectivity index (χ2n) is 13.2. The first-order chi connectivity index (χ1) is 23.8. The van der Waals surface area contributed by atoms with Crippen LogP contribution in [0.4, 0.5) is 11.4 Å². The van der Waals surface area contributed by atoms with Gasteiger partial charge >= 0.3 is 0 Å². The van der Waals surface area contributed by atoms with E-state index >= 15 is 0 Å². The highest BCUT2D eigenvalue weighted by atomic mass is 15.3. The van der Waals surface area contributed by atoms with E-state index in [0.29, 0.717) is 0 Å². The maximum atomic E-state index is 4.06. The molecule has 0 fully saturated rings. The Balaban J connectivity index is 1.37. The van der Waals surface area contributed by atoms with Gasteiger partial charge in [0.05, 0.1) is 33.9 Å². The van der Waals surface area contributed by atoms with Crippen LogP contribution in [0, 0.1) is 0 Å². The molecule has 3 unspecified atom stereocenters. The highest BCUT2D eigenvalue weighted by Gasteiger charge is 2.49. The molecule has 10 rings (SSSR count). The fourth-order valence-electron chi connectivity index (χ4n) is 8.87. The number of anilines is 2. The fraction of sp³-hybridized carbons (Fsp3) is 0.111. The molecule has 7 aromatic rings. The summed E-state index contributed by atoms with van der Waals surface area (Å²) in [6.07, 6.45) is 9.27. The van der Waals surface area contributed by atoms with E-state index in [0.717, 1.165) is 24.2 Å². The van der Waals surface area contributed by atoms with Crippen LogP contribution in [-0.4, -0.2) is 4.57 Å². The lowest BCUT2D eigenvalue weighted by atomic mass is 9.65. The van der Waals surface area contributed by atoms with Gasteiger partial charge in [-0.05, 0) is 64.4 Å². The molecule has 230 valence electrons. The monoisotopic (exact) mass is 617 g/mol. The van der Waals surface area contributed by atoms with Crippen molar-refractivity contribution in [1.29, 1.82) is 0 Å². The normalized spacial score (nSPS) is 20.8. The lowest BCUT2D eigenvalue weighted by Crippen LogP contribution is -2.35. The van der Waals surface area contributed by atoms with Crippen LogP contribution < -0.4 is 10.6 Å². The Morgan fingerprint density at radius 3 is 2.10 bits per heavy atom. The molecular weight excluding hydrogens is 583 g/mol. The number of para-hydroxylation sites is 3. The van der Waals surface area contributed by atoms with Crippen molar-refractivity contribution in [2.75, 3.05) is 10.6 Å². The summed E-state index contributed by atoms with van der Waals surface area (Å²) in [5.41, 5.74) is 13.5. The lowest BCUT2D eigenvalue weighted by Gasteiger charge is -2.40. The fourth-order valence-corrected chi connectivity index (χ4v) is 8.87. The number of aromatic nitrogens is 1. The van der Waals surface area contributed by atoms with Crippen molar-refractivity contribution in [3.8, 4) is 11.1 Å². The summed E-state index contributed by atoms with van der Waals surface area (Å²) in [4.78, 5) is 0. The van der Waals surface area contributed by atoms with Gasteiger partial charge in [0.15, 0.2) is 0 Å². The minimum atomic E-state index is -0.474. The van der Waals surface area contributed by atoms with Crippen LogP contribution in [0.25, 0.3) is 32.9 Å². The SMILES string of the molecule is C1=CC(C2(c3ccccc3)c3ccccc3-c3ccc4c5ccccc5n(C5Nc6ccccc6NC5c5ccccc5)c4c32)=CCC1. The molecule has 1 aromatic heterocycles. The zero-order valence-electron chi connectivity index (χ0n) is 26.6. The number of fused-ring (bicyclic) bond motifs is 8. The Kier molecular flexibility index (Phi) is 6.04. The summed E-state index contributed by atoms with van der Waals surface area (Å²) >= 11 is 0. The van der Waals surface area contributed by atoms with Gasteiger partial charge in [-0.15, -0.1) is 0 Å². The molecule has 1 aliphatic heterocycles. The van der Waals surface area contributed by atoms with Crippen LogP contribution in [0.15, 0.2) is 169 Å². The van der Waals surface area contributed by atoms with Crippen molar-refractivity contribution >= 4 is 33.2 Å². The van der Waals surface area contributed by atoms with Crippen molar-refractivity contribution in [2.45, 2.75) is 30.5 Å². The Morgan fingerprint density at radius 2 is 1.29 bits per heavy atom. The standard InChI is InChI=1S/C45H35N3/c1-4-16-30(17-5-1)42-44(47-39-26-14-13-25-38(39)46-42)48-40-27-15-11-23-34(40)36-29-28-35-33-22-10-12-24-37(33)45(41(35)43(36)48,31-18-6-2-7-19-31)32-20-8-3-9-21-32/h1-2,4-8,10-29,42,44,46-47H,3,9H2. The topological polar surface area (TPSA) is 29.0 Å². The van der Waals surface area contributed by atoms with E-state index in [2.05, 4.69) is 179 Å². The largest absolute Gasteiger partial charge is 0.373 e. The summed E-state index contributed by atoms with van der Waals surface area (Å²) in [6, 6.07) is 53.6. The third-order valence-electron chi connectivity index (χ3n) is 10.8. The predicted molar refractivity (Wildman–Crippen MR) is 200 cm³/mol. The van der Waals surface area contributed by atoms with Gasteiger partial charge in [0.25, 0.3) is 0 Å². The highest BCUT2D eigenvalue weighted by Crippen LogP contribution is 2.60. The summed E-state index contributed by atoms with van der Waals surface area (Å²) in [5, 5.41) is 10.6. The Labute approximate surface area is 280 Å². The zero-order chi connectivity index (χ0) is 31.7. The van der Waals surface area contributed by atoms with E-state index < -0.39 is 5.41 Å². The van der Waals surface area contributed by atoms with Crippen LogP contribution in [0.3, 0.4) is 0 Å². The van der Waals surface area contributed by atoms with Crippen molar-refractivity contribution < 1.29 is 0 Å². The number of nitrogens with one attached hydrogen (secondary N) is 2. The van der Waals surface area contributed by atoms with E-state index in [9.17, 15) is 0 Å². The van der Waals surface area contributed by atoms with E-state index in [1.165, 1.54) is 60.8 Å². The molecule has 0 amide bonds. The van der Waals surface area contributed by atoms with E-state index in [4.69, 9.17) is 0 Å². The molecule has 2 N–H and O–H groups in total. The predicted octanol–water partition coefficient (Wildman–Crippen LogP) is 11.2. The molecule has 0 bridgehead atoms. The van der Waals surface area contributed by atoms with Crippen LogP contribution >= 0.6 is 0 Å². The van der Waals surface area contributed by atoms with Gasteiger partial charge in [0.1, 0.15) is 6.17 Å². The molecule has 3 atom stereocenters. The molecule has 0 saturated heterocycles. The summed E-state index contributed by atoms with van der Waals surface area (Å²) in [6.45, 7) is 0. The second kappa shape index (κ2) is 10.6. The maximum Gasteiger partial charge on any atom is 0.129 e. The van der Waals surface area contributed by atoms with Crippen LogP contribution in [0.5, 0.6) is 0 Å². The maximum absolute atomic E-state index is 4.06. The molecule has 48 heavy (non-hydrogen) atoms. The van der Waals surface area contributed by atoms with E-state index in [-0.39, 0.29) is 12.2 Å². The summed E-state index contributed by atoms with van der Waals surface area (Å²) in [7, 11) is 0. The van der Waals surface area contributed by atoms with Crippen molar-refractivity contribution in [2.24, 2.45) is 0 Å². The number of allylic oxidation sites excluding steroid dienone is 4. The number of nitrogens with zero attached hydrogens (tertiary/aromatic N) is 1. The van der Waals surface area contributed by atoms with E-state index in [1.807, 2.05) is 0 Å². The van der Waals surface area contributed by atoms with Gasteiger partial charge in [-0.1, -0.05) is 146 Å². The molecule has 0 saturated carbocycles. The van der Waals surface area contributed by atoms with E-state index in [1.54, 1.807) is 0 Å². The van der Waals surface area contributed by atoms with Crippen molar-refractivity contribution in [3.05, 3.63) is 192 Å². The Bertz CT molecular complexity index is 2420. The van der Waals surface area contributed by atoms with Gasteiger partial charge in [0, 0.05) is 16.3 Å². The molecule has 2 aliphatic carbocycles. The molecule has 0 radical (unpaired) electrons. The molecule has 3 heteroatoms. The number of hydrogen-bond donors (Lipinski definition) is 2. The number of hydrogen-bond acceptors (Lipinski definition) is 2. The third kappa shape index (κ3) is 3.76.